The molecular weight excluding hydrogens is 217 g/mol. The van der Waals surface area contributed by atoms with Gasteiger partial charge in [0.15, 0.2) is 5.92 Å². The van der Waals surface area contributed by atoms with Gasteiger partial charge in [0.1, 0.15) is 0 Å². The van der Waals surface area contributed by atoms with Crippen molar-refractivity contribution in [2.75, 3.05) is 6.54 Å². The number of carboxylic acids is 1. The number of halogens is 3. The largest absolute Gasteiger partial charge is 0.481 e. The maximum absolute atomic E-state index is 12.1. The number of hydrogen-bond donors (Lipinski definition) is 3. The molecule has 0 fully saturated rings. The number of nitrogens with one attached hydrogen (secondary N) is 1. The molecule has 4 N–H and O–H groups in total. The molecule has 0 aliphatic rings. The van der Waals surface area contributed by atoms with E-state index in [1.54, 1.807) is 0 Å². The number of rotatable bonds is 5. The number of primary amides is 1. The van der Waals surface area contributed by atoms with Crippen molar-refractivity contribution < 1.29 is 27.9 Å². The number of alkyl halides is 3. The van der Waals surface area contributed by atoms with Crippen LogP contribution in [0.15, 0.2) is 0 Å². The minimum atomic E-state index is -4.85. The molecule has 0 saturated carbocycles. The first-order chi connectivity index (χ1) is 6.66. The van der Waals surface area contributed by atoms with Crippen LogP contribution < -0.4 is 11.1 Å². The van der Waals surface area contributed by atoms with Crippen molar-refractivity contribution in [2.24, 2.45) is 11.7 Å². The zero-order chi connectivity index (χ0) is 12.2. The Kier molecular flexibility index (Phi) is 4.53. The highest BCUT2D eigenvalue weighted by Gasteiger charge is 2.44. The Bertz CT molecular complexity index is 254. The van der Waals surface area contributed by atoms with E-state index in [9.17, 15) is 22.8 Å². The molecule has 0 aromatic heterocycles. The summed E-state index contributed by atoms with van der Waals surface area (Å²) in [6.45, 7) is 0.362. The minimum absolute atomic E-state index is 0.846. The van der Waals surface area contributed by atoms with Gasteiger partial charge in [-0.05, 0) is 6.92 Å². The van der Waals surface area contributed by atoms with Gasteiger partial charge in [-0.1, -0.05) is 0 Å². The van der Waals surface area contributed by atoms with Crippen LogP contribution in [-0.2, 0) is 9.59 Å². The number of nitrogens with two attached hydrogens (primary N) is 1. The molecule has 0 rings (SSSR count). The van der Waals surface area contributed by atoms with Crippen molar-refractivity contribution >= 4 is 11.9 Å². The molecule has 2 atom stereocenters. The summed E-state index contributed by atoms with van der Waals surface area (Å²) in [6.07, 6.45) is -4.85. The van der Waals surface area contributed by atoms with Crippen LogP contribution in [0.3, 0.4) is 0 Å². The van der Waals surface area contributed by atoms with E-state index in [-0.39, 0.29) is 0 Å². The summed E-state index contributed by atoms with van der Waals surface area (Å²) in [5, 5.41) is 10.4. The monoisotopic (exact) mass is 228 g/mol. The highest BCUT2D eigenvalue weighted by atomic mass is 19.4. The molecule has 15 heavy (non-hydrogen) atoms. The molecule has 0 spiro atoms. The van der Waals surface area contributed by atoms with Gasteiger partial charge in [0.25, 0.3) is 0 Å². The third-order valence-electron chi connectivity index (χ3n) is 1.75. The fraction of sp³-hybridized carbons (Fsp3) is 0.714. The van der Waals surface area contributed by atoms with E-state index in [1.807, 2.05) is 0 Å². The summed E-state index contributed by atoms with van der Waals surface area (Å²) in [6, 6.07) is -1.01. The van der Waals surface area contributed by atoms with Crippen LogP contribution in [0.4, 0.5) is 13.2 Å². The van der Waals surface area contributed by atoms with Crippen LogP contribution in [-0.4, -0.2) is 35.7 Å². The zero-order valence-corrected chi connectivity index (χ0v) is 7.84. The number of amides is 1. The van der Waals surface area contributed by atoms with Crippen LogP contribution >= 0.6 is 0 Å². The zero-order valence-electron chi connectivity index (χ0n) is 7.84. The Morgan fingerprint density at radius 3 is 2.20 bits per heavy atom. The van der Waals surface area contributed by atoms with E-state index in [1.165, 1.54) is 6.92 Å². The lowest BCUT2D eigenvalue weighted by molar-refractivity contribution is -0.192. The average Bonchev–Trinajstić information content (AvgIpc) is 2.00. The number of carboxylic acid groups (broad SMARTS) is 1. The summed E-state index contributed by atoms with van der Waals surface area (Å²) in [4.78, 5) is 20.7. The molecule has 0 saturated heterocycles. The van der Waals surface area contributed by atoms with E-state index < -0.39 is 36.6 Å². The van der Waals surface area contributed by atoms with Gasteiger partial charge >= 0.3 is 12.1 Å². The van der Waals surface area contributed by atoms with Gasteiger partial charge in [-0.25, -0.2) is 0 Å². The van der Waals surface area contributed by atoms with Gasteiger partial charge in [0.2, 0.25) is 5.91 Å². The van der Waals surface area contributed by atoms with Crippen molar-refractivity contribution in [3.8, 4) is 0 Å². The molecule has 88 valence electrons. The second-order valence-electron chi connectivity index (χ2n) is 2.96. The third kappa shape index (κ3) is 4.63. The fourth-order valence-corrected chi connectivity index (χ4v) is 0.738. The predicted octanol–water partition coefficient (Wildman–Crippen LogP) is -0.287. The van der Waals surface area contributed by atoms with Gasteiger partial charge in [0.05, 0.1) is 6.04 Å². The lowest BCUT2D eigenvalue weighted by Gasteiger charge is -2.18. The molecule has 8 heteroatoms. The Morgan fingerprint density at radius 2 is 1.93 bits per heavy atom. The van der Waals surface area contributed by atoms with Crippen LogP contribution in [0.1, 0.15) is 6.92 Å². The van der Waals surface area contributed by atoms with Gasteiger partial charge < -0.3 is 16.2 Å². The van der Waals surface area contributed by atoms with Crippen molar-refractivity contribution in [2.45, 2.75) is 19.1 Å². The molecule has 2 unspecified atom stereocenters. The number of hydrogen-bond acceptors (Lipinski definition) is 3. The normalized spacial score (nSPS) is 15.7. The Morgan fingerprint density at radius 1 is 1.47 bits per heavy atom. The summed E-state index contributed by atoms with van der Waals surface area (Å²) in [5.74, 6) is -5.38. The minimum Gasteiger partial charge on any atom is -0.481 e. The second kappa shape index (κ2) is 4.96. The smallest absolute Gasteiger partial charge is 0.403 e. The quantitative estimate of drug-likeness (QED) is 0.603. The summed E-state index contributed by atoms with van der Waals surface area (Å²) < 4.78 is 36.3. The van der Waals surface area contributed by atoms with E-state index in [4.69, 9.17) is 10.8 Å². The van der Waals surface area contributed by atoms with E-state index in [2.05, 4.69) is 5.32 Å². The first-order valence-corrected chi connectivity index (χ1v) is 3.98. The van der Waals surface area contributed by atoms with Crippen LogP contribution in [0.25, 0.3) is 0 Å². The van der Waals surface area contributed by atoms with Crippen molar-refractivity contribution in [3.63, 3.8) is 0 Å². The molecule has 0 aromatic rings. The molecule has 0 radical (unpaired) electrons. The first-order valence-electron chi connectivity index (χ1n) is 3.98. The van der Waals surface area contributed by atoms with E-state index in [0.717, 1.165) is 0 Å². The van der Waals surface area contributed by atoms with Gasteiger partial charge in [0, 0.05) is 6.54 Å². The molecule has 0 aliphatic carbocycles. The van der Waals surface area contributed by atoms with Gasteiger partial charge in [-0.3, -0.25) is 9.59 Å². The highest BCUT2D eigenvalue weighted by Crippen LogP contribution is 2.25. The topological polar surface area (TPSA) is 92.4 Å². The molecular formula is C7H11F3N2O3. The van der Waals surface area contributed by atoms with Crippen LogP contribution in [0, 0.1) is 5.92 Å². The SMILES string of the molecule is CC(NCC(C(=O)O)C(F)(F)F)C(N)=O. The number of carbonyl (C=O) groups is 2. The Hall–Kier alpha value is -1.31. The molecule has 0 heterocycles. The van der Waals surface area contributed by atoms with Crippen molar-refractivity contribution in [3.05, 3.63) is 0 Å². The van der Waals surface area contributed by atoms with Crippen LogP contribution in [0.5, 0.6) is 0 Å². The molecule has 0 aromatic carbocycles. The highest BCUT2D eigenvalue weighted by molar-refractivity contribution is 5.79. The second-order valence-corrected chi connectivity index (χ2v) is 2.96. The molecule has 0 bridgehead atoms. The van der Waals surface area contributed by atoms with E-state index in [0.29, 0.717) is 0 Å². The lowest BCUT2D eigenvalue weighted by atomic mass is 10.1. The molecule has 5 nitrogen and oxygen atoms in total. The molecule has 0 aliphatic heterocycles. The standard InChI is InChI=1S/C7H11F3N2O3/c1-3(5(11)13)12-2-4(6(14)15)7(8,9)10/h3-4,12H,2H2,1H3,(H2,11,13)(H,14,15). The predicted molar refractivity (Wildman–Crippen MR) is 43.8 cm³/mol. The Labute approximate surface area is 83.4 Å². The average molecular weight is 228 g/mol. The van der Waals surface area contributed by atoms with Gasteiger partial charge in [-0.15, -0.1) is 0 Å². The number of carbonyl (C=O) groups excluding carboxylic acids is 1. The van der Waals surface area contributed by atoms with Crippen molar-refractivity contribution in [1.82, 2.24) is 5.32 Å². The van der Waals surface area contributed by atoms with Crippen LogP contribution in [0.2, 0.25) is 0 Å². The summed E-state index contributed by atoms with van der Waals surface area (Å²) in [7, 11) is 0. The Balaban J connectivity index is 4.33. The molecule has 1 amide bonds. The van der Waals surface area contributed by atoms with Gasteiger partial charge in [-0.2, -0.15) is 13.2 Å². The fourth-order valence-electron chi connectivity index (χ4n) is 0.738. The summed E-state index contributed by atoms with van der Waals surface area (Å²) in [5.41, 5.74) is 4.78. The first kappa shape index (κ1) is 13.7. The van der Waals surface area contributed by atoms with Crippen molar-refractivity contribution in [1.29, 1.82) is 0 Å². The number of aliphatic carboxylic acids is 1. The third-order valence-corrected chi connectivity index (χ3v) is 1.75. The van der Waals surface area contributed by atoms with E-state index >= 15 is 0 Å². The lowest BCUT2D eigenvalue weighted by Crippen LogP contribution is -2.46. The maximum Gasteiger partial charge on any atom is 0.403 e. The maximum atomic E-state index is 12.1. The summed E-state index contributed by atoms with van der Waals surface area (Å²) >= 11 is 0.